The largest absolute Gasteiger partial charge is 0.317 e. The van der Waals surface area contributed by atoms with E-state index in [4.69, 9.17) is 0 Å². The summed E-state index contributed by atoms with van der Waals surface area (Å²) in [5.41, 5.74) is 4.17. The fourth-order valence-electron chi connectivity index (χ4n) is 2.56. The van der Waals surface area contributed by atoms with Crippen molar-refractivity contribution >= 4 is 11.6 Å². The molecule has 0 aliphatic carbocycles. The quantitative estimate of drug-likeness (QED) is 0.805. The highest BCUT2D eigenvalue weighted by Crippen LogP contribution is 2.21. The van der Waals surface area contributed by atoms with E-state index in [1.165, 1.54) is 5.56 Å². The zero-order valence-electron chi connectivity index (χ0n) is 13.4. The topological polar surface area (TPSA) is 64.7 Å². The summed E-state index contributed by atoms with van der Waals surface area (Å²) in [5, 5.41) is 11.5. The van der Waals surface area contributed by atoms with Gasteiger partial charge in [0, 0.05) is 13.2 Å². The Kier molecular flexibility index (Phi) is 3.97. The predicted octanol–water partition coefficient (Wildman–Crippen LogP) is 2.53. The lowest BCUT2D eigenvalue weighted by molar-refractivity contribution is 0.101. The molecule has 0 saturated heterocycles. The van der Waals surface area contributed by atoms with E-state index in [2.05, 4.69) is 27.6 Å². The molecule has 0 bridgehead atoms. The molecule has 2 aromatic heterocycles. The first-order chi connectivity index (χ1) is 11.1. The molecule has 6 heteroatoms. The van der Waals surface area contributed by atoms with Gasteiger partial charge in [0.05, 0.1) is 23.6 Å². The standard InChI is InChI=1S/C17H19N5O/c1-12-16(19-17(23)15-9-10-18-21(15)3)13(2)22(20-12)11-14-7-5-4-6-8-14/h4-10H,11H2,1-3H3,(H,19,23). The molecule has 1 N–H and O–H groups in total. The molecule has 0 aliphatic rings. The number of aromatic nitrogens is 4. The van der Waals surface area contributed by atoms with E-state index in [1.54, 1.807) is 24.0 Å². The lowest BCUT2D eigenvalue weighted by Gasteiger charge is -2.07. The van der Waals surface area contributed by atoms with Crippen LogP contribution in [0.3, 0.4) is 0 Å². The molecule has 0 fully saturated rings. The molecule has 6 nitrogen and oxygen atoms in total. The van der Waals surface area contributed by atoms with Crippen LogP contribution in [0.15, 0.2) is 42.6 Å². The fourth-order valence-corrected chi connectivity index (χ4v) is 2.56. The highest BCUT2D eigenvalue weighted by molar-refractivity contribution is 6.03. The van der Waals surface area contributed by atoms with Crippen molar-refractivity contribution in [1.29, 1.82) is 0 Å². The smallest absolute Gasteiger partial charge is 0.274 e. The van der Waals surface area contributed by atoms with Gasteiger partial charge < -0.3 is 5.32 Å². The van der Waals surface area contributed by atoms with Crippen molar-refractivity contribution < 1.29 is 4.79 Å². The highest BCUT2D eigenvalue weighted by atomic mass is 16.2. The Morgan fingerprint density at radius 1 is 1.17 bits per heavy atom. The second-order valence-corrected chi connectivity index (χ2v) is 5.48. The van der Waals surface area contributed by atoms with Gasteiger partial charge in [0.1, 0.15) is 5.69 Å². The molecule has 3 rings (SSSR count). The summed E-state index contributed by atoms with van der Waals surface area (Å²) in [5.74, 6) is -0.185. The van der Waals surface area contributed by atoms with E-state index < -0.39 is 0 Å². The molecule has 0 radical (unpaired) electrons. The maximum Gasteiger partial charge on any atom is 0.274 e. The van der Waals surface area contributed by atoms with E-state index in [0.29, 0.717) is 12.2 Å². The van der Waals surface area contributed by atoms with E-state index in [1.807, 2.05) is 36.7 Å². The Morgan fingerprint density at radius 2 is 1.91 bits per heavy atom. The molecule has 0 saturated carbocycles. The predicted molar refractivity (Wildman–Crippen MR) is 88.4 cm³/mol. The lowest BCUT2D eigenvalue weighted by Crippen LogP contribution is -2.17. The van der Waals surface area contributed by atoms with Gasteiger partial charge in [-0.15, -0.1) is 0 Å². The maximum atomic E-state index is 12.4. The molecule has 1 aromatic carbocycles. The summed E-state index contributed by atoms with van der Waals surface area (Å²) in [6.07, 6.45) is 1.60. The number of hydrogen-bond acceptors (Lipinski definition) is 3. The van der Waals surface area contributed by atoms with E-state index in [0.717, 1.165) is 17.1 Å². The zero-order chi connectivity index (χ0) is 16.4. The van der Waals surface area contributed by atoms with Gasteiger partial charge in [0.15, 0.2) is 0 Å². The molecule has 0 unspecified atom stereocenters. The number of benzene rings is 1. The molecule has 3 aromatic rings. The Bertz CT molecular complexity index is 832. The van der Waals surface area contributed by atoms with Gasteiger partial charge in [-0.3, -0.25) is 14.2 Å². The molecule has 118 valence electrons. The molecular weight excluding hydrogens is 290 g/mol. The summed E-state index contributed by atoms with van der Waals surface area (Å²) < 4.78 is 3.46. The van der Waals surface area contributed by atoms with Crippen LogP contribution < -0.4 is 5.32 Å². The summed E-state index contributed by atoms with van der Waals surface area (Å²) in [6.45, 7) is 4.53. The molecule has 0 atom stereocenters. The van der Waals surface area contributed by atoms with Gasteiger partial charge in [-0.2, -0.15) is 10.2 Å². The van der Waals surface area contributed by atoms with Gasteiger partial charge in [-0.1, -0.05) is 30.3 Å². The van der Waals surface area contributed by atoms with Crippen LogP contribution in [0.1, 0.15) is 27.4 Å². The third kappa shape index (κ3) is 3.01. The van der Waals surface area contributed by atoms with Crippen molar-refractivity contribution in [3.63, 3.8) is 0 Å². The normalized spacial score (nSPS) is 10.7. The van der Waals surface area contributed by atoms with Crippen molar-refractivity contribution in [2.75, 3.05) is 5.32 Å². The minimum Gasteiger partial charge on any atom is -0.317 e. The summed E-state index contributed by atoms with van der Waals surface area (Å²) in [6, 6.07) is 11.8. The first kappa shape index (κ1) is 15.0. The number of rotatable bonds is 4. The summed E-state index contributed by atoms with van der Waals surface area (Å²) >= 11 is 0. The third-order valence-corrected chi connectivity index (χ3v) is 3.85. The third-order valence-electron chi connectivity index (χ3n) is 3.85. The number of hydrogen-bond donors (Lipinski definition) is 1. The maximum absolute atomic E-state index is 12.4. The van der Waals surface area contributed by atoms with Gasteiger partial charge in [-0.25, -0.2) is 0 Å². The second-order valence-electron chi connectivity index (χ2n) is 5.48. The van der Waals surface area contributed by atoms with E-state index >= 15 is 0 Å². The average molecular weight is 309 g/mol. The average Bonchev–Trinajstić information content (AvgIpc) is 3.07. The van der Waals surface area contributed by atoms with E-state index in [-0.39, 0.29) is 5.91 Å². The van der Waals surface area contributed by atoms with Crippen LogP contribution in [0, 0.1) is 13.8 Å². The van der Waals surface area contributed by atoms with Gasteiger partial charge in [0.25, 0.3) is 5.91 Å². The van der Waals surface area contributed by atoms with Crippen LogP contribution in [0.2, 0.25) is 0 Å². The molecule has 2 heterocycles. The lowest BCUT2D eigenvalue weighted by atomic mass is 10.2. The van der Waals surface area contributed by atoms with Crippen molar-refractivity contribution in [3.05, 3.63) is 65.2 Å². The van der Waals surface area contributed by atoms with Crippen molar-refractivity contribution in [2.45, 2.75) is 20.4 Å². The summed E-state index contributed by atoms with van der Waals surface area (Å²) in [7, 11) is 1.74. The first-order valence-corrected chi connectivity index (χ1v) is 7.43. The van der Waals surface area contributed by atoms with Gasteiger partial charge >= 0.3 is 0 Å². The van der Waals surface area contributed by atoms with Gasteiger partial charge in [-0.05, 0) is 25.5 Å². The molecule has 0 spiro atoms. The van der Waals surface area contributed by atoms with Crippen LogP contribution in [0.5, 0.6) is 0 Å². The van der Waals surface area contributed by atoms with Gasteiger partial charge in [0.2, 0.25) is 0 Å². The minimum atomic E-state index is -0.185. The molecule has 0 aliphatic heterocycles. The second kappa shape index (κ2) is 6.08. The number of nitrogens with zero attached hydrogens (tertiary/aromatic N) is 4. The monoisotopic (exact) mass is 309 g/mol. The van der Waals surface area contributed by atoms with Crippen molar-refractivity contribution in [3.8, 4) is 0 Å². The van der Waals surface area contributed by atoms with E-state index in [9.17, 15) is 4.79 Å². The SMILES string of the molecule is Cc1nn(Cc2ccccc2)c(C)c1NC(=O)c1ccnn1C. The molecular formula is C17H19N5O. The first-order valence-electron chi connectivity index (χ1n) is 7.43. The van der Waals surface area contributed by atoms with Crippen LogP contribution in [0.25, 0.3) is 0 Å². The number of aryl methyl sites for hydroxylation is 2. The molecule has 23 heavy (non-hydrogen) atoms. The van der Waals surface area contributed by atoms with Crippen molar-refractivity contribution in [1.82, 2.24) is 19.6 Å². The number of amides is 1. The summed E-state index contributed by atoms with van der Waals surface area (Å²) in [4.78, 5) is 12.4. The minimum absolute atomic E-state index is 0.185. The van der Waals surface area contributed by atoms with Crippen LogP contribution in [-0.4, -0.2) is 25.5 Å². The Balaban J connectivity index is 1.84. The number of carbonyl (C=O) groups excluding carboxylic acids is 1. The van der Waals surface area contributed by atoms with Crippen LogP contribution >= 0.6 is 0 Å². The number of carbonyl (C=O) groups is 1. The Labute approximate surface area is 134 Å². The fraction of sp³-hybridized carbons (Fsp3) is 0.235. The highest BCUT2D eigenvalue weighted by Gasteiger charge is 2.17. The Morgan fingerprint density at radius 3 is 2.57 bits per heavy atom. The molecule has 1 amide bonds. The number of anilines is 1. The zero-order valence-corrected chi connectivity index (χ0v) is 13.4. The van der Waals surface area contributed by atoms with Crippen LogP contribution in [0.4, 0.5) is 5.69 Å². The number of nitrogens with one attached hydrogen (secondary N) is 1. The van der Waals surface area contributed by atoms with Crippen LogP contribution in [-0.2, 0) is 13.6 Å². The Hall–Kier alpha value is -2.89. The van der Waals surface area contributed by atoms with Crippen molar-refractivity contribution in [2.24, 2.45) is 7.05 Å².